The second kappa shape index (κ2) is 15.6. The van der Waals surface area contributed by atoms with Crippen LogP contribution in [0.2, 0.25) is 0 Å². The van der Waals surface area contributed by atoms with Gasteiger partial charge in [0.05, 0.1) is 50.3 Å². The maximum atomic E-state index is 13.1. The number of ether oxygens (including phenoxy) is 4. The number of rotatable bonds is 14. The van der Waals surface area contributed by atoms with E-state index >= 15 is 0 Å². The zero-order valence-corrected chi connectivity index (χ0v) is 22.9. The number of hydrogen-bond acceptors (Lipinski definition) is 10. The number of carbonyl (C=O) groups excluding carboxylic acids is 5. The molecule has 4 rings (SSSR count). The highest BCUT2D eigenvalue weighted by atomic mass is 35.5. The van der Waals surface area contributed by atoms with Crippen molar-refractivity contribution in [2.75, 3.05) is 59.3 Å². The van der Waals surface area contributed by atoms with E-state index in [2.05, 4.69) is 16.0 Å². The highest BCUT2D eigenvalue weighted by Crippen LogP contribution is 2.33. The molecule has 3 aliphatic heterocycles. The van der Waals surface area contributed by atoms with Crippen LogP contribution >= 0.6 is 12.4 Å². The van der Waals surface area contributed by atoms with E-state index in [1.807, 2.05) is 0 Å². The van der Waals surface area contributed by atoms with Crippen LogP contribution in [0.1, 0.15) is 46.4 Å². The van der Waals surface area contributed by atoms with Crippen molar-refractivity contribution in [3.05, 3.63) is 29.3 Å². The number of nitrogens with one attached hydrogen (secondary N) is 3. The Bertz CT molecular complexity index is 1080. The summed E-state index contributed by atoms with van der Waals surface area (Å²) in [4.78, 5) is 62.6. The largest absolute Gasteiger partial charge is 0.483 e. The van der Waals surface area contributed by atoms with Crippen LogP contribution in [-0.4, -0.2) is 106 Å². The lowest BCUT2D eigenvalue weighted by molar-refractivity contribution is -0.136. The van der Waals surface area contributed by atoms with Crippen LogP contribution < -0.4 is 20.7 Å². The molecular weight excluding hydrogens is 548 g/mol. The van der Waals surface area contributed by atoms with E-state index < -0.39 is 35.6 Å². The normalized spacial score (nSPS) is 19.2. The minimum absolute atomic E-state index is 0. The second-order valence-electron chi connectivity index (χ2n) is 9.31. The topological polar surface area (TPSA) is 162 Å². The summed E-state index contributed by atoms with van der Waals surface area (Å²) < 4.78 is 22.2. The van der Waals surface area contributed by atoms with Gasteiger partial charge in [0.15, 0.2) is 6.61 Å². The first-order valence-electron chi connectivity index (χ1n) is 13.2. The Morgan fingerprint density at radius 3 is 2.42 bits per heavy atom. The first-order valence-corrected chi connectivity index (χ1v) is 13.2. The van der Waals surface area contributed by atoms with Crippen LogP contribution in [0.4, 0.5) is 0 Å². The molecule has 40 heavy (non-hydrogen) atoms. The van der Waals surface area contributed by atoms with E-state index in [0.717, 1.165) is 30.8 Å². The number of imide groups is 2. The summed E-state index contributed by atoms with van der Waals surface area (Å²) in [7, 11) is 0. The van der Waals surface area contributed by atoms with Crippen molar-refractivity contribution in [3.63, 3.8) is 0 Å². The van der Waals surface area contributed by atoms with Crippen LogP contribution in [0.5, 0.6) is 5.75 Å². The average Bonchev–Trinajstić information content (AvgIpc) is 3.19. The minimum atomic E-state index is -1.08. The van der Waals surface area contributed by atoms with Gasteiger partial charge in [-0.25, -0.2) is 0 Å². The lowest BCUT2D eigenvalue weighted by atomic mass is 10.0. The fraction of sp³-hybridized carbons (Fsp3) is 0.577. The first kappa shape index (κ1) is 31.4. The zero-order chi connectivity index (χ0) is 27.6. The number of benzene rings is 1. The standard InChI is InChI=1S/C26H34N4O9.ClH/c31-21-5-4-19(24(33)29-21)30-25(34)18-2-1-3-20(23(18)26(30)35)39-16-22(32)28-10-11-36-12-13-37-14-15-38-17-6-8-27-9-7-17;/h1-3,17,19,27H,4-16H2,(H,28,32)(H,29,31,33);1H. The highest BCUT2D eigenvalue weighted by Gasteiger charge is 2.46. The summed E-state index contributed by atoms with van der Waals surface area (Å²) in [6.07, 6.45) is 2.42. The molecule has 2 saturated heterocycles. The van der Waals surface area contributed by atoms with Crippen molar-refractivity contribution < 1.29 is 42.9 Å². The second-order valence-corrected chi connectivity index (χ2v) is 9.31. The summed E-state index contributed by atoms with van der Waals surface area (Å²) in [5.41, 5.74) is 0.0700. The van der Waals surface area contributed by atoms with Crippen LogP contribution in [0, 0.1) is 0 Å². The van der Waals surface area contributed by atoms with Gasteiger partial charge in [0, 0.05) is 13.0 Å². The molecule has 0 saturated carbocycles. The molecule has 0 spiro atoms. The van der Waals surface area contributed by atoms with Gasteiger partial charge in [-0.1, -0.05) is 6.07 Å². The third-order valence-electron chi connectivity index (χ3n) is 6.60. The molecule has 13 nitrogen and oxygen atoms in total. The lowest BCUT2D eigenvalue weighted by Crippen LogP contribution is -2.54. The Morgan fingerprint density at radius 1 is 0.950 bits per heavy atom. The van der Waals surface area contributed by atoms with Crippen molar-refractivity contribution in [2.45, 2.75) is 37.8 Å². The van der Waals surface area contributed by atoms with Crippen molar-refractivity contribution in [1.29, 1.82) is 0 Å². The summed E-state index contributed by atoms with van der Waals surface area (Å²) in [5, 5.41) is 8.10. The molecule has 0 radical (unpaired) electrons. The maximum absolute atomic E-state index is 13.1. The molecule has 3 N–H and O–H groups in total. The number of nitrogens with zero attached hydrogens (tertiary/aromatic N) is 1. The van der Waals surface area contributed by atoms with Gasteiger partial charge in [-0.2, -0.15) is 0 Å². The molecule has 0 aliphatic carbocycles. The number of fused-ring (bicyclic) bond motifs is 1. The average molecular weight is 583 g/mol. The number of hydrogen-bond donors (Lipinski definition) is 3. The van der Waals surface area contributed by atoms with Gasteiger partial charge in [-0.05, 0) is 44.5 Å². The highest BCUT2D eigenvalue weighted by molar-refractivity contribution is 6.24. The van der Waals surface area contributed by atoms with Gasteiger partial charge in [0.2, 0.25) is 11.8 Å². The molecular formula is C26H35ClN4O9. The fourth-order valence-corrected chi connectivity index (χ4v) is 4.62. The number of amides is 5. The number of carbonyl (C=O) groups is 5. The van der Waals surface area contributed by atoms with Crippen molar-refractivity contribution in [1.82, 2.24) is 20.9 Å². The van der Waals surface area contributed by atoms with E-state index in [0.29, 0.717) is 32.5 Å². The molecule has 1 aromatic rings. The maximum Gasteiger partial charge on any atom is 0.266 e. The monoisotopic (exact) mass is 582 g/mol. The van der Waals surface area contributed by atoms with Crippen LogP contribution in [0.25, 0.3) is 0 Å². The van der Waals surface area contributed by atoms with Gasteiger partial charge in [-0.3, -0.25) is 34.2 Å². The molecule has 1 aromatic carbocycles. The molecule has 14 heteroatoms. The quantitative estimate of drug-likeness (QED) is 0.198. The predicted molar refractivity (Wildman–Crippen MR) is 142 cm³/mol. The van der Waals surface area contributed by atoms with E-state index in [1.54, 1.807) is 0 Å². The van der Waals surface area contributed by atoms with Gasteiger partial charge in [0.25, 0.3) is 17.7 Å². The summed E-state index contributed by atoms with van der Waals surface area (Å²) >= 11 is 0. The molecule has 1 atom stereocenters. The molecule has 5 amide bonds. The van der Waals surface area contributed by atoms with E-state index in [1.165, 1.54) is 18.2 Å². The third kappa shape index (κ3) is 8.21. The molecule has 2 fully saturated rings. The Balaban J connectivity index is 0.00000441. The van der Waals surface area contributed by atoms with Gasteiger partial charge < -0.3 is 29.6 Å². The molecule has 0 bridgehead atoms. The summed E-state index contributed by atoms with van der Waals surface area (Å²) in [5.74, 6) is -2.86. The third-order valence-corrected chi connectivity index (χ3v) is 6.60. The Morgan fingerprint density at radius 2 is 1.68 bits per heavy atom. The van der Waals surface area contributed by atoms with Crippen LogP contribution in [-0.2, 0) is 28.6 Å². The number of piperidine rings is 2. The van der Waals surface area contributed by atoms with Gasteiger partial charge in [0.1, 0.15) is 11.8 Å². The molecule has 1 unspecified atom stereocenters. The lowest BCUT2D eigenvalue weighted by Gasteiger charge is -2.27. The zero-order valence-electron chi connectivity index (χ0n) is 22.1. The van der Waals surface area contributed by atoms with E-state index in [9.17, 15) is 24.0 Å². The summed E-state index contributed by atoms with van der Waals surface area (Å²) in [6.45, 7) is 4.01. The molecule has 3 heterocycles. The van der Waals surface area contributed by atoms with Crippen molar-refractivity contribution in [2.24, 2.45) is 0 Å². The van der Waals surface area contributed by atoms with Gasteiger partial charge in [-0.15, -0.1) is 12.4 Å². The SMILES string of the molecule is Cl.O=C(COc1cccc2c1C(=O)N(C1CCC(=O)NC1=O)C2=O)NCCOCCOCCOC1CCNCC1. The minimum Gasteiger partial charge on any atom is -0.483 e. The Kier molecular flexibility index (Phi) is 12.3. The van der Waals surface area contributed by atoms with E-state index in [4.69, 9.17) is 18.9 Å². The van der Waals surface area contributed by atoms with Crippen molar-refractivity contribution in [3.8, 4) is 5.75 Å². The van der Waals surface area contributed by atoms with Crippen LogP contribution in [0.3, 0.4) is 0 Å². The van der Waals surface area contributed by atoms with Gasteiger partial charge >= 0.3 is 0 Å². The predicted octanol–water partition coefficient (Wildman–Crippen LogP) is -0.194. The molecule has 3 aliphatic rings. The van der Waals surface area contributed by atoms with Crippen LogP contribution in [0.15, 0.2) is 18.2 Å². The summed E-state index contributed by atoms with van der Waals surface area (Å²) in [6, 6.07) is 3.38. The Hall–Kier alpha value is -3.10. The van der Waals surface area contributed by atoms with Crippen molar-refractivity contribution >= 4 is 41.9 Å². The first-order chi connectivity index (χ1) is 19.0. The number of halogens is 1. The fourth-order valence-electron chi connectivity index (χ4n) is 4.62. The Labute approximate surface area is 238 Å². The van der Waals surface area contributed by atoms with E-state index in [-0.39, 0.29) is 61.9 Å². The molecule has 220 valence electrons. The molecule has 0 aromatic heterocycles. The smallest absolute Gasteiger partial charge is 0.266 e.